The van der Waals surface area contributed by atoms with Crippen LogP contribution in [-0.4, -0.2) is 24.3 Å². The van der Waals surface area contributed by atoms with E-state index < -0.39 is 12.0 Å². The second-order valence-corrected chi connectivity index (χ2v) is 9.70. The minimum atomic E-state index is -0.757. The molecule has 0 spiro atoms. The van der Waals surface area contributed by atoms with Crippen molar-refractivity contribution in [1.82, 2.24) is 4.57 Å². The second-order valence-electron chi connectivity index (χ2n) is 8.26. The molecule has 0 fully saturated rings. The number of ether oxygens (including phenoxy) is 2. The Kier molecular flexibility index (Phi) is 6.86. The monoisotopic (exact) mass is 534 g/mol. The molecule has 0 saturated carbocycles. The molecule has 0 radical (unpaired) electrons. The number of rotatable bonds is 6. The van der Waals surface area contributed by atoms with Gasteiger partial charge in [0.25, 0.3) is 5.56 Å². The second kappa shape index (κ2) is 10.2. The summed E-state index contributed by atoms with van der Waals surface area (Å²) in [5.74, 6) is 1.17. The van der Waals surface area contributed by atoms with Crippen LogP contribution in [0.5, 0.6) is 5.75 Å². The van der Waals surface area contributed by atoms with Gasteiger partial charge in [-0.2, -0.15) is 0 Å². The summed E-state index contributed by atoms with van der Waals surface area (Å²) >= 11 is 7.34. The number of methoxy groups -OCH3 is 1. The SMILES string of the molecule is CCOC(=O)C1=C(C)N=c2s/c(=C/c3ccc(-c4cccc(Cl)c4)o3)c(=O)n2[C@H]1c1ccccc1OC. The Balaban J connectivity index is 1.67. The molecule has 4 aromatic rings. The van der Waals surface area contributed by atoms with E-state index in [2.05, 4.69) is 4.99 Å². The van der Waals surface area contributed by atoms with E-state index >= 15 is 0 Å². The maximum atomic E-state index is 13.8. The quantitative estimate of drug-likeness (QED) is 0.334. The van der Waals surface area contributed by atoms with Crippen LogP contribution in [0.2, 0.25) is 5.02 Å². The summed E-state index contributed by atoms with van der Waals surface area (Å²) in [7, 11) is 1.55. The first-order valence-electron chi connectivity index (χ1n) is 11.6. The molecular formula is C28H23ClN2O5S. The molecule has 7 nitrogen and oxygen atoms in total. The van der Waals surface area contributed by atoms with E-state index in [9.17, 15) is 9.59 Å². The zero-order valence-electron chi connectivity index (χ0n) is 20.4. The summed E-state index contributed by atoms with van der Waals surface area (Å²) in [6.07, 6.45) is 1.68. The van der Waals surface area contributed by atoms with E-state index in [1.165, 1.54) is 15.9 Å². The van der Waals surface area contributed by atoms with Crippen LogP contribution in [0, 0.1) is 0 Å². The van der Waals surface area contributed by atoms with E-state index in [0.717, 1.165) is 5.56 Å². The highest BCUT2D eigenvalue weighted by atomic mass is 35.5. The summed E-state index contributed by atoms with van der Waals surface area (Å²) in [5, 5.41) is 0.605. The van der Waals surface area contributed by atoms with E-state index in [1.54, 1.807) is 45.2 Å². The Morgan fingerprint density at radius 2 is 2.00 bits per heavy atom. The van der Waals surface area contributed by atoms with Crippen LogP contribution in [0.1, 0.15) is 31.2 Å². The maximum Gasteiger partial charge on any atom is 0.338 e. The first-order valence-corrected chi connectivity index (χ1v) is 12.8. The lowest BCUT2D eigenvalue weighted by Gasteiger charge is -2.25. The molecule has 188 valence electrons. The van der Waals surface area contributed by atoms with Crippen LogP contribution in [0.4, 0.5) is 0 Å². The van der Waals surface area contributed by atoms with Gasteiger partial charge >= 0.3 is 5.97 Å². The van der Waals surface area contributed by atoms with Gasteiger partial charge in [-0.25, -0.2) is 9.79 Å². The normalized spacial score (nSPS) is 15.4. The van der Waals surface area contributed by atoms with Gasteiger partial charge in [0, 0.05) is 22.2 Å². The number of fused-ring (bicyclic) bond motifs is 1. The van der Waals surface area contributed by atoms with Gasteiger partial charge in [-0.3, -0.25) is 9.36 Å². The van der Waals surface area contributed by atoms with Gasteiger partial charge in [-0.05, 0) is 44.2 Å². The van der Waals surface area contributed by atoms with Crippen LogP contribution < -0.4 is 19.6 Å². The van der Waals surface area contributed by atoms with Crippen molar-refractivity contribution in [3.63, 3.8) is 0 Å². The van der Waals surface area contributed by atoms with Crippen molar-refractivity contribution in [2.45, 2.75) is 19.9 Å². The van der Waals surface area contributed by atoms with Crippen molar-refractivity contribution in [2.24, 2.45) is 4.99 Å². The smallest absolute Gasteiger partial charge is 0.338 e. The zero-order valence-corrected chi connectivity index (χ0v) is 21.9. The molecule has 37 heavy (non-hydrogen) atoms. The third-order valence-electron chi connectivity index (χ3n) is 5.96. The molecule has 0 unspecified atom stereocenters. The molecule has 5 rings (SSSR count). The first-order chi connectivity index (χ1) is 17.9. The number of thiazole rings is 1. The molecule has 1 atom stereocenters. The number of hydrogen-bond acceptors (Lipinski definition) is 7. The molecule has 9 heteroatoms. The number of benzene rings is 2. The summed E-state index contributed by atoms with van der Waals surface area (Å²) < 4.78 is 18.9. The van der Waals surface area contributed by atoms with Gasteiger partial charge in [-0.1, -0.05) is 53.3 Å². The van der Waals surface area contributed by atoms with E-state index in [4.69, 9.17) is 25.5 Å². The summed E-state index contributed by atoms with van der Waals surface area (Å²) in [6, 6.07) is 17.5. The maximum absolute atomic E-state index is 13.8. The topological polar surface area (TPSA) is 83.0 Å². The molecule has 1 aliphatic heterocycles. The van der Waals surface area contributed by atoms with Crippen molar-refractivity contribution in [3.05, 3.63) is 108 Å². The number of para-hydroxylation sites is 1. The first kappa shape index (κ1) is 24.8. The lowest BCUT2D eigenvalue weighted by atomic mass is 9.95. The number of nitrogens with zero attached hydrogens (tertiary/aromatic N) is 2. The van der Waals surface area contributed by atoms with Crippen LogP contribution in [0.15, 0.2) is 86.1 Å². The number of halogens is 1. The van der Waals surface area contributed by atoms with E-state index in [1.807, 2.05) is 42.5 Å². The molecule has 0 N–H and O–H groups in total. The highest BCUT2D eigenvalue weighted by molar-refractivity contribution is 7.07. The number of hydrogen-bond donors (Lipinski definition) is 0. The molecule has 0 aliphatic carbocycles. The number of aromatic nitrogens is 1. The molecular weight excluding hydrogens is 512 g/mol. The average Bonchev–Trinajstić information content (AvgIpc) is 3.48. The van der Waals surface area contributed by atoms with E-state index in [-0.39, 0.29) is 12.2 Å². The molecule has 3 heterocycles. The number of carbonyl (C=O) groups is 1. The van der Waals surface area contributed by atoms with Gasteiger partial charge in [-0.15, -0.1) is 0 Å². The van der Waals surface area contributed by atoms with Crippen LogP contribution in [-0.2, 0) is 9.53 Å². The van der Waals surface area contributed by atoms with Crippen molar-refractivity contribution < 1.29 is 18.7 Å². The average molecular weight is 535 g/mol. The predicted molar refractivity (Wildman–Crippen MR) is 143 cm³/mol. The Hall–Kier alpha value is -3.88. The number of furan rings is 1. The molecule has 2 aromatic carbocycles. The van der Waals surface area contributed by atoms with Crippen molar-refractivity contribution >= 4 is 35.0 Å². The minimum Gasteiger partial charge on any atom is -0.496 e. The van der Waals surface area contributed by atoms with Crippen LogP contribution in [0.3, 0.4) is 0 Å². The number of carbonyl (C=O) groups excluding carboxylic acids is 1. The fraction of sp³-hybridized carbons (Fsp3) is 0.179. The number of allylic oxidation sites excluding steroid dienone is 1. The lowest BCUT2D eigenvalue weighted by Crippen LogP contribution is -2.40. The Morgan fingerprint density at radius 1 is 1.19 bits per heavy atom. The van der Waals surface area contributed by atoms with Gasteiger partial charge < -0.3 is 13.9 Å². The number of esters is 1. The van der Waals surface area contributed by atoms with Gasteiger partial charge in [0.05, 0.1) is 29.5 Å². The fourth-order valence-electron chi connectivity index (χ4n) is 4.33. The molecule has 0 saturated heterocycles. The zero-order chi connectivity index (χ0) is 26.1. The molecule has 0 bridgehead atoms. The minimum absolute atomic E-state index is 0.201. The van der Waals surface area contributed by atoms with Gasteiger partial charge in [0.15, 0.2) is 4.80 Å². The summed E-state index contributed by atoms with van der Waals surface area (Å²) in [5.41, 5.74) is 1.99. The van der Waals surface area contributed by atoms with Crippen molar-refractivity contribution in [2.75, 3.05) is 13.7 Å². The summed E-state index contributed by atoms with van der Waals surface area (Å²) in [4.78, 5) is 31.9. The van der Waals surface area contributed by atoms with Gasteiger partial charge in [0.1, 0.15) is 23.3 Å². The van der Waals surface area contributed by atoms with Crippen LogP contribution in [0.25, 0.3) is 17.4 Å². The van der Waals surface area contributed by atoms with Crippen molar-refractivity contribution in [1.29, 1.82) is 0 Å². The van der Waals surface area contributed by atoms with E-state index in [0.29, 0.717) is 48.5 Å². The largest absolute Gasteiger partial charge is 0.496 e. The predicted octanol–water partition coefficient (Wildman–Crippen LogP) is 4.72. The third-order valence-corrected chi connectivity index (χ3v) is 7.18. The summed E-state index contributed by atoms with van der Waals surface area (Å²) in [6.45, 7) is 3.68. The lowest BCUT2D eigenvalue weighted by molar-refractivity contribution is -0.139. The van der Waals surface area contributed by atoms with Crippen LogP contribution >= 0.6 is 22.9 Å². The molecule has 1 aliphatic rings. The molecule has 2 aromatic heterocycles. The Labute approximate surface area is 221 Å². The van der Waals surface area contributed by atoms with Crippen molar-refractivity contribution in [3.8, 4) is 17.1 Å². The highest BCUT2D eigenvalue weighted by Gasteiger charge is 2.34. The highest BCUT2D eigenvalue weighted by Crippen LogP contribution is 2.35. The standard InChI is InChI=1S/C28H23ClN2O5S/c1-4-35-27(33)24-16(2)30-28-31(25(24)20-10-5-6-11-22(20)34-3)26(32)23(37-28)15-19-12-13-21(36-19)17-8-7-9-18(29)14-17/h5-15,25H,4H2,1-3H3/b23-15+/t25-/m0/s1. The fourth-order valence-corrected chi connectivity index (χ4v) is 5.55. The third kappa shape index (κ3) is 4.65. The Bertz CT molecular complexity index is 1710. The van der Waals surface area contributed by atoms with Gasteiger partial charge in [0.2, 0.25) is 0 Å². The molecule has 0 amide bonds. The Morgan fingerprint density at radius 3 is 2.76 bits per heavy atom.